The second-order valence-electron chi connectivity index (χ2n) is 13.5. The fourth-order valence-electron chi connectivity index (χ4n) is 4.56. The Morgan fingerprint density at radius 2 is 1.54 bits per heavy atom. The maximum atomic E-state index is 13.1. The molecule has 0 heterocycles. The third kappa shape index (κ3) is 10.2. The van der Waals surface area contributed by atoms with Gasteiger partial charge in [0.25, 0.3) is 0 Å². The van der Waals surface area contributed by atoms with Crippen LogP contribution in [0.5, 0.6) is 5.75 Å². The molecule has 0 saturated heterocycles. The van der Waals surface area contributed by atoms with E-state index in [1.165, 1.54) is 0 Å². The quantitative estimate of drug-likeness (QED) is 0.251. The highest BCUT2D eigenvalue weighted by molar-refractivity contribution is 6.74. The maximum absolute atomic E-state index is 13.1. The average molecular weight is 586 g/mol. The minimum absolute atomic E-state index is 0.114. The van der Waals surface area contributed by atoms with Crippen LogP contribution in [0, 0.1) is 19.8 Å². The first-order chi connectivity index (χ1) is 18.8. The first kappa shape index (κ1) is 34.4. The highest BCUT2D eigenvalue weighted by Gasteiger charge is 2.42. The van der Waals surface area contributed by atoms with Crippen LogP contribution in [0.2, 0.25) is 18.1 Å². The fraction of sp³-hybridized carbons (Fsp3) is 0.576. The van der Waals surface area contributed by atoms with E-state index in [0.29, 0.717) is 12.8 Å². The molecule has 7 nitrogen and oxygen atoms in total. The van der Waals surface area contributed by atoms with Crippen molar-refractivity contribution in [3.05, 3.63) is 64.7 Å². The van der Waals surface area contributed by atoms with E-state index in [4.69, 9.17) is 13.9 Å². The number of ether oxygens (including phenoxy) is 2. The zero-order valence-corrected chi connectivity index (χ0v) is 27.9. The van der Waals surface area contributed by atoms with Crippen LogP contribution in [-0.2, 0) is 26.8 Å². The van der Waals surface area contributed by atoms with Gasteiger partial charge >= 0.3 is 12.1 Å². The van der Waals surface area contributed by atoms with E-state index in [9.17, 15) is 14.7 Å². The lowest BCUT2D eigenvalue weighted by Gasteiger charge is -2.42. The molecule has 2 N–H and O–H groups in total. The van der Waals surface area contributed by atoms with Crippen molar-refractivity contribution >= 4 is 20.4 Å². The van der Waals surface area contributed by atoms with Crippen molar-refractivity contribution in [2.24, 2.45) is 5.92 Å². The topological polar surface area (TPSA) is 94.1 Å². The number of rotatable bonds is 12. The van der Waals surface area contributed by atoms with E-state index in [0.717, 1.165) is 28.0 Å². The SMILES string of the molecule is COc1ccc(CC(CC(O[Si](C)(C)C(C)(C)C)C(Cc2ccccc2)NC(=O)OC(C)(C)C)C(=O)O)c(C)c1C. The Labute approximate surface area is 248 Å². The molecule has 0 saturated carbocycles. The summed E-state index contributed by atoms with van der Waals surface area (Å²) in [7, 11) is -0.740. The predicted molar refractivity (Wildman–Crippen MR) is 167 cm³/mol. The van der Waals surface area contributed by atoms with Crippen LogP contribution in [0.25, 0.3) is 0 Å². The number of benzene rings is 2. The van der Waals surface area contributed by atoms with E-state index in [1.54, 1.807) is 7.11 Å². The number of carboxylic acid groups (broad SMARTS) is 1. The van der Waals surface area contributed by atoms with Gasteiger partial charge in [-0.1, -0.05) is 57.2 Å². The van der Waals surface area contributed by atoms with Crippen LogP contribution in [0.3, 0.4) is 0 Å². The number of aliphatic carboxylic acids is 1. The number of alkyl carbamates (subject to hydrolysis) is 1. The van der Waals surface area contributed by atoms with Gasteiger partial charge in [0.1, 0.15) is 11.4 Å². The average Bonchev–Trinajstić information content (AvgIpc) is 2.84. The van der Waals surface area contributed by atoms with Gasteiger partial charge in [-0.05, 0) is 100 Å². The number of amides is 1. The summed E-state index contributed by atoms with van der Waals surface area (Å²) in [6.07, 6.45) is -0.0416. The van der Waals surface area contributed by atoms with Gasteiger partial charge in [0, 0.05) is 0 Å². The van der Waals surface area contributed by atoms with E-state index >= 15 is 0 Å². The summed E-state index contributed by atoms with van der Waals surface area (Å²) in [5, 5.41) is 13.4. The minimum atomic E-state index is -2.37. The summed E-state index contributed by atoms with van der Waals surface area (Å²) in [5.74, 6) is -0.839. The molecule has 0 fully saturated rings. The largest absolute Gasteiger partial charge is 0.496 e. The lowest BCUT2D eigenvalue weighted by atomic mass is 9.87. The molecule has 0 aliphatic heterocycles. The molecule has 0 aliphatic rings. The highest BCUT2D eigenvalue weighted by atomic mass is 28.4. The van der Waals surface area contributed by atoms with E-state index < -0.39 is 44.0 Å². The van der Waals surface area contributed by atoms with Crippen molar-refractivity contribution in [1.29, 1.82) is 0 Å². The first-order valence-electron chi connectivity index (χ1n) is 14.4. The van der Waals surface area contributed by atoms with Gasteiger partial charge in [-0.3, -0.25) is 4.79 Å². The van der Waals surface area contributed by atoms with Gasteiger partial charge < -0.3 is 24.3 Å². The Balaban J connectivity index is 2.54. The van der Waals surface area contributed by atoms with Crippen molar-refractivity contribution in [2.45, 2.75) is 111 Å². The van der Waals surface area contributed by atoms with Crippen LogP contribution >= 0.6 is 0 Å². The third-order valence-electron chi connectivity index (χ3n) is 8.10. The molecule has 41 heavy (non-hydrogen) atoms. The fourth-order valence-corrected chi connectivity index (χ4v) is 5.93. The third-order valence-corrected chi connectivity index (χ3v) is 12.6. The Hall–Kier alpha value is -2.84. The Morgan fingerprint density at radius 1 is 0.927 bits per heavy atom. The zero-order valence-electron chi connectivity index (χ0n) is 26.9. The summed E-state index contributed by atoms with van der Waals surface area (Å²) in [5.41, 5.74) is 3.32. The van der Waals surface area contributed by atoms with Crippen LogP contribution in [0.15, 0.2) is 42.5 Å². The molecule has 0 spiro atoms. The van der Waals surface area contributed by atoms with E-state index in [1.807, 2.05) is 77.1 Å². The molecular formula is C33H51NO6Si. The van der Waals surface area contributed by atoms with E-state index in [2.05, 4.69) is 39.2 Å². The summed E-state index contributed by atoms with van der Waals surface area (Å²) in [4.78, 5) is 25.8. The Bertz CT molecular complexity index is 1170. The first-order valence-corrected chi connectivity index (χ1v) is 17.3. The lowest BCUT2D eigenvalue weighted by molar-refractivity contribution is -0.142. The van der Waals surface area contributed by atoms with Gasteiger partial charge in [-0.2, -0.15) is 0 Å². The molecule has 1 amide bonds. The molecule has 0 bridgehead atoms. The molecule has 2 rings (SSSR count). The molecule has 3 atom stereocenters. The van der Waals surface area contributed by atoms with Crippen molar-refractivity contribution in [2.75, 3.05) is 7.11 Å². The summed E-state index contributed by atoms with van der Waals surface area (Å²) in [6.45, 7) is 20.2. The number of nitrogens with one attached hydrogen (secondary N) is 1. The summed E-state index contributed by atoms with van der Waals surface area (Å²) in [6, 6.07) is 13.2. The Morgan fingerprint density at radius 3 is 2.05 bits per heavy atom. The number of hydrogen-bond acceptors (Lipinski definition) is 5. The minimum Gasteiger partial charge on any atom is -0.496 e. The van der Waals surface area contributed by atoms with Gasteiger partial charge in [-0.15, -0.1) is 0 Å². The van der Waals surface area contributed by atoms with Crippen molar-refractivity contribution < 1.29 is 28.6 Å². The number of hydrogen-bond donors (Lipinski definition) is 2. The number of carbonyl (C=O) groups is 2. The molecule has 0 radical (unpaired) electrons. The van der Waals surface area contributed by atoms with Crippen molar-refractivity contribution in [3.8, 4) is 5.75 Å². The Kier molecular flexibility index (Phi) is 11.6. The molecule has 8 heteroatoms. The molecule has 2 aromatic carbocycles. The van der Waals surface area contributed by atoms with Crippen LogP contribution in [0.1, 0.15) is 70.2 Å². The molecule has 0 aliphatic carbocycles. The van der Waals surface area contributed by atoms with Crippen molar-refractivity contribution in [1.82, 2.24) is 5.32 Å². The number of methoxy groups -OCH3 is 1. The summed E-state index contributed by atoms with van der Waals surface area (Å²) >= 11 is 0. The summed E-state index contributed by atoms with van der Waals surface area (Å²) < 4.78 is 18.1. The zero-order chi connectivity index (χ0) is 31.2. The van der Waals surface area contributed by atoms with Crippen molar-refractivity contribution in [3.63, 3.8) is 0 Å². The maximum Gasteiger partial charge on any atom is 0.407 e. The standard InChI is InChI=1S/C33H51NO6Si/c1-22-23(2)28(38-9)18-17-25(22)20-26(30(35)36)21-29(40-41(10,11)33(6,7)8)27(19-24-15-13-12-14-16-24)34-31(37)39-32(3,4)5/h12-18,26-27,29H,19-21H2,1-11H3,(H,34,37)(H,35,36). The molecule has 2 aromatic rings. The molecule has 3 unspecified atom stereocenters. The van der Waals surface area contributed by atoms with Gasteiger partial charge in [0.2, 0.25) is 0 Å². The molecule has 228 valence electrons. The second-order valence-corrected chi connectivity index (χ2v) is 18.3. The van der Waals surface area contributed by atoms with E-state index in [-0.39, 0.29) is 11.5 Å². The van der Waals surface area contributed by atoms with Gasteiger partial charge in [-0.25, -0.2) is 4.79 Å². The lowest BCUT2D eigenvalue weighted by Crippen LogP contribution is -2.54. The van der Waals surface area contributed by atoms with Crippen LogP contribution in [-0.4, -0.2) is 50.3 Å². The molecule has 0 aromatic heterocycles. The molecular weight excluding hydrogens is 534 g/mol. The monoisotopic (exact) mass is 585 g/mol. The van der Waals surface area contributed by atoms with Gasteiger partial charge in [0.15, 0.2) is 8.32 Å². The van der Waals surface area contributed by atoms with Crippen LogP contribution in [0.4, 0.5) is 4.79 Å². The normalized spacial score (nSPS) is 14.6. The number of carboxylic acids is 1. The predicted octanol–water partition coefficient (Wildman–Crippen LogP) is 7.47. The second kappa shape index (κ2) is 13.9. The smallest absolute Gasteiger partial charge is 0.407 e. The van der Waals surface area contributed by atoms with Gasteiger partial charge in [0.05, 0.1) is 25.2 Å². The van der Waals surface area contributed by atoms with Crippen LogP contribution < -0.4 is 10.1 Å². The highest BCUT2D eigenvalue weighted by Crippen LogP contribution is 2.39. The number of carbonyl (C=O) groups excluding carboxylic acids is 1.